The van der Waals surface area contributed by atoms with Crippen LogP contribution in [0.2, 0.25) is 0 Å². The quantitative estimate of drug-likeness (QED) is 0.685. The standard InChI is InChI=1S/C8H10Cl2N2/c1-11(9)7-5-3-4-6-8(7)12(2)10/h3-6H,1-2H3. The molecule has 0 aromatic heterocycles. The maximum Gasteiger partial charge on any atom is 0.0765 e. The van der Waals surface area contributed by atoms with Crippen molar-refractivity contribution < 1.29 is 0 Å². The smallest absolute Gasteiger partial charge is 0.0765 e. The first-order valence-corrected chi connectivity index (χ1v) is 4.18. The summed E-state index contributed by atoms with van der Waals surface area (Å²) in [6.07, 6.45) is 0. The van der Waals surface area contributed by atoms with Crippen LogP contribution in [0.5, 0.6) is 0 Å². The summed E-state index contributed by atoms with van der Waals surface area (Å²) >= 11 is 11.6. The van der Waals surface area contributed by atoms with Crippen LogP contribution in [0.4, 0.5) is 11.4 Å². The van der Waals surface area contributed by atoms with Crippen LogP contribution in [0.3, 0.4) is 0 Å². The van der Waals surface area contributed by atoms with E-state index in [2.05, 4.69) is 0 Å². The maximum absolute atomic E-state index is 5.80. The molecule has 1 aromatic carbocycles. The largest absolute Gasteiger partial charge is 0.286 e. The lowest BCUT2D eigenvalue weighted by molar-refractivity contribution is 1.28. The normalized spacial score (nSPS) is 9.67. The molecule has 0 bridgehead atoms. The van der Waals surface area contributed by atoms with E-state index in [1.807, 2.05) is 24.3 Å². The van der Waals surface area contributed by atoms with Crippen molar-refractivity contribution in [1.29, 1.82) is 0 Å². The van der Waals surface area contributed by atoms with Crippen molar-refractivity contribution in [2.75, 3.05) is 22.9 Å². The lowest BCUT2D eigenvalue weighted by Gasteiger charge is -2.17. The van der Waals surface area contributed by atoms with E-state index in [-0.39, 0.29) is 0 Å². The predicted octanol–water partition coefficient (Wildman–Crippen LogP) is 2.87. The molecule has 2 nitrogen and oxygen atoms in total. The Bertz CT molecular complexity index is 234. The fourth-order valence-corrected chi connectivity index (χ4v) is 1.27. The highest BCUT2D eigenvalue weighted by atomic mass is 35.5. The molecule has 0 unspecified atom stereocenters. The molecule has 0 N–H and O–H groups in total. The van der Waals surface area contributed by atoms with Crippen LogP contribution >= 0.6 is 23.6 Å². The second kappa shape index (κ2) is 3.87. The van der Waals surface area contributed by atoms with Crippen LogP contribution in [0.1, 0.15) is 0 Å². The van der Waals surface area contributed by atoms with Crippen LogP contribution in [-0.4, -0.2) is 14.1 Å². The Morgan fingerprint density at radius 2 is 1.25 bits per heavy atom. The first kappa shape index (κ1) is 9.49. The SMILES string of the molecule is CN(Cl)c1ccccc1N(C)Cl. The third-order valence-electron chi connectivity index (χ3n) is 1.55. The van der Waals surface area contributed by atoms with E-state index in [1.165, 1.54) is 8.84 Å². The predicted molar refractivity (Wildman–Crippen MR) is 55.0 cm³/mol. The minimum Gasteiger partial charge on any atom is -0.286 e. The molecule has 0 aliphatic carbocycles. The van der Waals surface area contributed by atoms with Crippen molar-refractivity contribution in [3.63, 3.8) is 0 Å². The van der Waals surface area contributed by atoms with E-state index >= 15 is 0 Å². The fraction of sp³-hybridized carbons (Fsp3) is 0.250. The Balaban J connectivity index is 3.09. The Morgan fingerprint density at radius 1 is 0.917 bits per heavy atom. The van der Waals surface area contributed by atoms with Crippen molar-refractivity contribution in [3.8, 4) is 0 Å². The highest BCUT2D eigenvalue weighted by Crippen LogP contribution is 2.29. The summed E-state index contributed by atoms with van der Waals surface area (Å²) in [6.45, 7) is 0. The second-order valence-corrected chi connectivity index (χ2v) is 3.46. The number of rotatable bonds is 2. The molecule has 12 heavy (non-hydrogen) atoms. The number of hydrogen-bond donors (Lipinski definition) is 0. The number of benzene rings is 1. The first-order chi connectivity index (χ1) is 5.63. The van der Waals surface area contributed by atoms with E-state index in [0.717, 1.165) is 11.4 Å². The molecular weight excluding hydrogens is 195 g/mol. The minimum atomic E-state index is 0.886. The third-order valence-corrected chi connectivity index (χ3v) is 1.91. The molecule has 4 heteroatoms. The van der Waals surface area contributed by atoms with Gasteiger partial charge in [0.25, 0.3) is 0 Å². The van der Waals surface area contributed by atoms with E-state index in [4.69, 9.17) is 23.6 Å². The van der Waals surface area contributed by atoms with E-state index < -0.39 is 0 Å². The lowest BCUT2D eigenvalue weighted by Crippen LogP contribution is -2.08. The summed E-state index contributed by atoms with van der Waals surface area (Å²) in [5.41, 5.74) is 1.77. The average molecular weight is 205 g/mol. The molecule has 0 saturated heterocycles. The van der Waals surface area contributed by atoms with Crippen molar-refractivity contribution >= 4 is 34.9 Å². The van der Waals surface area contributed by atoms with Crippen molar-refractivity contribution in [2.24, 2.45) is 0 Å². The molecule has 0 radical (unpaired) electrons. The molecule has 0 aliphatic heterocycles. The van der Waals surface area contributed by atoms with Crippen LogP contribution in [0.25, 0.3) is 0 Å². The molecule has 0 fully saturated rings. The molecule has 1 aromatic rings. The molecular formula is C8H10Cl2N2. The van der Waals surface area contributed by atoms with Gasteiger partial charge in [0.1, 0.15) is 0 Å². The lowest BCUT2D eigenvalue weighted by atomic mass is 10.2. The highest BCUT2D eigenvalue weighted by Gasteiger charge is 2.06. The number of halogens is 2. The van der Waals surface area contributed by atoms with E-state index in [1.54, 1.807) is 14.1 Å². The first-order valence-electron chi connectivity index (χ1n) is 3.51. The summed E-state index contributed by atoms with van der Waals surface area (Å²) in [4.78, 5) is 0. The van der Waals surface area contributed by atoms with Crippen LogP contribution in [-0.2, 0) is 0 Å². The van der Waals surface area contributed by atoms with Crippen LogP contribution < -0.4 is 8.84 Å². The molecule has 66 valence electrons. The van der Waals surface area contributed by atoms with Gasteiger partial charge in [0.15, 0.2) is 0 Å². The van der Waals surface area contributed by atoms with Crippen molar-refractivity contribution in [2.45, 2.75) is 0 Å². The van der Waals surface area contributed by atoms with Gasteiger partial charge in [0.05, 0.1) is 11.4 Å². The molecule has 0 atom stereocenters. The van der Waals surface area contributed by atoms with Crippen molar-refractivity contribution in [1.82, 2.24) is 0 Å². The summed E-state index contributed by atoms with van der Waals surface area (Å²) in [5, 5.41) is 0. The molecule has 0 amide bonds. The van der Waals surface area contributed by atoms with Crippen LogP contribution in [0.15, 0.2) is 24.3 Å². The Hall–Kier alpha value is -0.600. The molecule has 0 aliphatic rings. The van der Waals surface area contributed by atoms with E-state index in [9.17, 15) is 0 Å². The summed E-state index contributed by atoms with van der Waals surface area (Å²) in [5.74, 6) is 0. The number of para-hydroxylation sites is 2. The summed E-state index contributed by atoms with van der Waals surface area (Å²) in [6, 6.07) is 7.64. The van der Waals surface area contributed by atoms with Gasteiger partial charge < -0.3 is 0 Å². The molecule has 0 saturated carbocycles. The Kier molecular flexibility index (Phi) is 3.06. The zero-order valence-corrected chi connectivity index (χ0v) is 8.47. The topological polar surface area (TPSA) is 6.48 Å². The van der Waals surface area contributed by atoms with Gasteiger partial charge in [-0.25, -0.2) is 0 Å². The van der Waals surface area contributed by atoms with Crippen LogP contribution in [0, 0.1) is 0 Å². The van der Waals surface area contributed by atoms with Gasteiger partial charge in [-0.15, -0.1) is 0 Å². The number of nitrogens with zero attached hydrogens (tertiary/aromatic N) is 2. The average Bonchev–Trinajstić information content (AvgIpc) is 2.04. The van der Waals surface area contributed by atoms with Gasteiger partial charge >= 0.3 is 0 Å². The van der Waals surface area contributed by atoms with Gasteiger partial charge in [-0.1, -0.05) is 12.1 Å². The third kappa shape index (κ3) is 1.96. The van der Waals surface area contributed by atoms with E-state index in [0.29, 0.717) is 0 Å². The molecule has 1 rings (SSSR count). The van der Waals surface area contributed by atoms with Gasteiger partial charge in [0.2, 0.25) is 0 Å². The molecule has 0 spiro atoms. The number of anilines is 2. The van der Waals surface area contributed by atoms with Crippen molar-refractivity contribution in [3.05, 3.63) is 24.3 Å². The molecule has 0 heterocycles. The minimum absolute atomic E-state index is 0.886. The zero-order valence-electron chi connectivity index (χ0n) is 6.96. The van der Waals surface area contributed by atoms with Gasteiger partial charge in [0, 0.05) is 37.6 Å². The Labute approximate surface area is 82.5 Å². The maximum atomic E-state index is 5.80. The summed E-state index contributed by atoms with van der Waals surface area (Å²) in [7, 11) is 3.53. The second-order valence-electron chi connectivity index (χ2n) is 2.44. The monoisotopic (exact) mass is 204 g/mol. The van der Waals surface area contributed by atoms with Gasteiger partial charge in [-0.3, -0.25) is 8.84 Å². The highest BCUT2D eigenvalue weighted by molar-refractivity contribution is 6.29. The Morgan fingerprint density at radius 3 is 1.50 bits per heavy atom. The van der Waals surface area contributed by atoms with Gasteiger partial charge in [-0.2, -0.15) is 0 Å². The number of hydrogen-bond acceptors (Lipinski definition) is 2. The fourth-order valence-electron chi connectivity index (χ4n) is 0.985. The summed E-state index contributed by atoms with van der Waals surface area (Å²) < 4.78 is 3.02. The van der Waals surface area contributed by atoms with Gasteiger partial charge in [-0.05, 0) is 12.1 Å². The zero-order chi connectivity index (χ0) is 9.14.